The maximum atomic E-state index is 9.50. The number of benzene rings is 1. The molecule has 1 aromatic carbocycles. The first kappa shape index (κ1) is 12.0. The van der Waals surface area contributed by atoms with Crippen molar-refractivity contribution in [1.29, 1.82) is 5.26 Å². The third-order valence-corrected chi connectivity index (χ3v) is 4.00. The Bertz CT molecular complexity index is 438. The molecule has 1 aliphatic rings. The first-order valence-corrected chi connectivity index (χ1v) is 6.17. The van der Waals surface area contributed by atoms with E-state index in [1.807, 2.05) is 24.3 Å². The minimum atomic E-state index is -0.318. The molecule has 0 spiro atoms. The lowest BCUT2D eigenvalue weighted by Gasteiger charge is -2.45. The van der Waals surface area contributed by atoms with Gasteiger partial charge in [-0.05, 0) is 30.7 Å². The molecule has 0 aromatic heterocycles. The van der Waals surface area contributed by atoms with Crippen LogP contribution in [0, 0.1) is 23.2 Å². The molecule has 0 bridgehead atoms. The molecular weight excluding hydrogens is 210 g/mol. The van der Waals surface area contributed by atoms with E-state index in [-0.39, 0.29) is 5.41 Å². The molecule has 0 amide bonds. The first-order valence-electron chi connectivity index (χ1n) is 6.17. The number of methoxy groups -OCH3 is 1. The Morgan fingerprint density at radius 2 is 2.00 bits per heavy atom. The number of hydrogen-bond acceptors (Lipinski definition) is 2. The molecule has 17 heavy (non-hydrogen) atoms. The normalized spacial score (nSPS) is 27.4. The van der Waals surface area contributed by atoms with E-state index in [0.29, 0.717) is 11.8 Å². The molecule has 0 aliphatic heterocycles. The number of nitrogens with zero attached hydrogens (tertiary/aromatic N) is 1. The van der Waals surface area contributed by atoms with Crippen molar-refractivity contribution >= 4 is 0 Å². The van der Waals surface area contributed by atoms with Crippen LogP contribution in [0.15, 0.2) is 24.3 Å². The first-order chi connectivity index (χ1) is 8.13. The van der Waals surface area contributed by atoms with Crippen molar-refractivity contribution in [3.05, 3.63) is 29.8 Å². The van der Waals surface area contributed by atoms with E-state index >= 15 is 0 Å². The summed E-state index contributed by atoms with van der Waals surface area (Å²) in [6.07, 6.45) is 1.92. The Morgan fingerprint density at radius 3 is 2.53 bits per heavy atom. The largest absolute Gasteiger partial charge is 0.496 e. The smallest absolute Gasteiger partial charge is 0.123 e. The van der Waals surface area contributed by atoms with Gasteiger partial charge in [0.25, 0.3) is 0 Å². The highest BCUT2D eigenvalue weighted by Crippen LogP contribution is 2.52. The highest BCUT2D eigenvalue weighted by atomic mass is 16.5. The fourth-order valence-electron chi connectivity index (χ4n) is 2.72. The molecule has 90 valence electrons. The van der Waals surface area contributed by atoms with Crippen LogP contribution in [-0.4, -0.2) is 7.11 Å². The van der Waals surface area contributed by atoms with E-state index in [1.54, 1.807) is 7.11 Å². The number of ether oxygens (including phenoxy) is 1. The van der Waals surface area contributed by atoms with Crippen LogP contribution in [0.5, 0.6) is 5.75 Å². The van der Waals surface area contributed by atoms with Crippen LogP contribution in [0.1, 0.15) is 32.3 Å². The summed E-state index contributed by atoms with van der Waals surface area (Å²) < 4.78 is 5.37. The second kappa shape index (κ2) is 4.41. The summed E-state index contributed by atoms with van der Waals surface area (Å²) in [6.45, 7) is 4.46. The summed E-state index contributed by atoms with van der Waals surface area (Å²) in [5, 5.41) is 9.50. The second-order valence-corrected chi connectivity index (χ2v) is 5.31. The Morgan fingerprint density at radius 1 is 1.35 bits per heavy atom. The van der Waals surface area contributed by atoms with Gasteiger partial charge in [-0.2, -0.15) is 5.26 Å². The van der Waals surface area contributed by atoms with Gasteiger partial charge in [-0.15, -0.1) is 0 Å². The Labute approximate surface area is 103 Å². The molecule has 0 radical (unpaired) electrons. The van der Waals surface area contributed by atoms with Crippen LogP contribution < -0.4 is 4.74 Å². The Hall–Kier alpha value is -1.49. The van der Waals surface area contributed by atoms with E-state index in [0.717, 1.165) is 24.2 Å². The summed E-state index contributed by atoms with van der Waals surface area (Å²) in [4.78, 5) is 0. The zero-order valence-corrected chi connectivity index (χ0v) is 10.7. The monoisotopic (exact) mass is 229 g/mol. The summed E-state index contributed by atoms with van der Waals surface area (Å²) in [7, 11) is 1.67. The van der Waals surface area contributed by atoms with Crippen molar-refractivity contribution in [2.45, 2.75) is 32.1 Å². The zero-order chi connectivity index (χ0) is 12.5. The summed E-state index contributed by atoms with van der Waals surface area (Å²) in [5.41, 5.74) is 0.739. The molecule has 0 saturated heterocycles. The molecule has 0 unspecified atom stereocenters. The lowest BCUT2D eigenvalue weighted by atomic mass is 9.56. The number of hydrogen-bond donors (Lipinski definition) is 0. The number of para-hydroxylation sites is 1. The fraction of sp³-hybridized carbons (Fsp3) is 0.533. The maximum absolute atomic E-state index is 9.50. The molecule has 1 saturated carbocycles. The van der Waals surface area contributed by atoms with Crippen LogP contribution in [0.4, 0.5) is 0 Å². The minimum absolute atomic E-state index is 0.318. The topological polar surface area (TPSA) is 33.0 Å². The molecule has 2 nitrogen and oxygen atoms in total. The number of nitriles is 1. The third-order valence-electron chi connectivity index (χ3n) is 4.00. The molecule has 0 heterocycles. The van der Waals surface area contributed by atoms with Crippen LogP contribution >= 0.6 is 0 Å². The third kappa shape index (κ3) is 1.91. The average molecular weight is 229 g/mol. The summed E-state index contributed by atoms with van der Waals surface area (Å²) in [6, 6.07) is 10.4. The van der Waals surface area contributed by atoms with Crippen molar-refractivity contribution in [2.24, 2.45) is 11.8 Å². The molecule has 1 fully saturated rings. The molecule has 1 aromatic rings. The maximum Gasteiger partial charge on any atom is 0.123 e. The van der Waals surface area contributed by atoms with E-state index in [1.165, 1.54) is 0 Å². The van der Waals surface area contributed by atoms with Gasteiger partial charge in [0.05, 0.1) is 18.6 Å². The minimum Gasteiger partial charge on any atom is -0.496 e. The SMILES string of the molecule is COc1ccccc1C1(C#N)CC(C(C)C)C1. The highest BCUT2D eigenvalue weighted by Gasteiger charge is 2.48. The van der Waals surface area contributed by atoms with Crippen LogP contribution in [-0.2, 0) is 5.41 Å². The molecular formula is C15H19NO. The van der Waals surface area contributed by atoms with Crippen molar-refractivity contribution < 1.29 is 4.74 Å². The van der Waals surface area contributed by atoms with Gasteiger partial charge in [-0.25, -0.2) is 0 Å². The van der Waals surface area contributed by atoms with Gasteiger partial charge in [0.15, 0.2) is 0 Å². The lowest BCUT2D eigenvalue weighted by Crippen LogP contribution is -2.42. The van der Waals surface area contributed by atoms with Crippen LogP contribution in [0.25, 0.3) is 0 Å². The van der Waals surface area contributed by atoms with Crippen molar-refractivity contribution in [1.82, 2.24) is 0 Å². The standard InChI is InChI=1S/C15H19NO/c1-11(2)12-8-15(9-12,10-16)13-6-4-5-7-14(13)17-3/h4-7,11-12H,8-9H2,1-3H3. The molecule has 1 aliphatic carbocycles. The average Bonchev–Trinajstić information content (AvgIpc) is 2.28. The summed E-state index contributed by atoms with van der Waals surface area (Å²) >= 11 is 0. The van der Waals surface area contributed by atoms with Gasteiger partial charge in [0, 0.05) is 5.56 Å². The van der Waals surface area contributed by atoms with Gasteiger partial charge in [-0.1, -0.05) is 32.0 Å². The highest BCUT2D eigenvalue weighted by molar-refractivity contribution is 5.45. The van der Waals surface area contributed by atoms with E-state index in [9.17, 15) is 5.26 Å². The van der Waals surface area contributed by atoms with Crippen LogP contribution in [0.2, 0.25) is 0 Å². The predicted octanol–water partition coefficient (Wildman–Crippen LogP) is 3.52. The molecule has 2 heteroatoms. The van der Waals surface area contributed by atoms with Gasteiger partial charge in [-0.3, -0.25) is 0 Å². The van der Waals surface area contributed by atoms with Crippen molar-refractivity contribution in [3.8, 4) is 11.8 Å². The molecule has 2 rings (SSSR count). The second-order valence-electron chi connectivity index (χ2n) is 5.31. The summed E-state index contributed by atoms with van der Waals surface area (Å²) in [5.74, 6) is 2.17. The van der Waals surface area contributed by atoms with Crippen molar-refractivity contribution in [3.63, 3.8) is 0 Å². The van der Waals surface area contributed by atoms with Gasteiger partial charge in [0.2, 0.25) is 0 Å². The zero-order valence-electron chi connectivity index (χ0n) is 10.7. The van der Waals surface area contributed by atoms with E-state index in [2.05, 4.69) is 19.9 Å². The van der Waals surface area contributed by atoms with Gasteiger partial charge >= 0.3 is 0 Å². The quantitative estimate of drug-likeness (QED) is 0.794. The van der Waals surface area contributed by atoms with E-state index in [4.69, 9.17) is 4.74 Å². The Balaban J connectivity index is 2.30. The fourth-order valence-corrected chi connectivity index (χ4v) is 2.72. The van der Waals surface area contributed by atoms with Gasteiger partial charge in [0.1, 0.15) is 5.75 Å². The lowest BCUT2D eigenvalue weighted by molar-refractivity contribution is 0.142. The molecule has 0 atom stereocenters. The van der Waals surface area contributed by atoms with Crippen molar-refractivity contribution in [2.75, 3.05) is 7.11 Å². The predicted molar refractivity (Wildman–Crippen MR) is 67.8 cm³/mol. The van der Waals surface area contributed by atoms with Crippen LogP contribution in [0.3, 0.4) is 0 Å². The van der Waals surface area contributed by atoms with E-state index < -0.39 is 0 Å². The van der Waals surface area contributed by atoms with Gasteiger partial charge < -0.3 is 4.74 Å². The number of rotatable bonds is 3. The Kier molecular flexibility index (Phi) is 3.11. The molecule has 0 N–H and O–H groups in total.